The van der Waals surface area contributed by atoms with Gasteiger partial charge in [0.1, 0.15) is 5.78 Å². The Bertz CT molecular complexity index is 1470. The van der Waals surface area contributed by atoms with E-state index < -0.39 is 43.6 Å². The number of unbranched alkanes of at least 4 members (excludes halogenated alkanes) is 30. The molecule has 0 N–H and O–H groups in total. The standard InChI is InChI=1S/2C22H44N2.C3H6O.2C2H2F4O3S.2ClH.2K/c2*1-3-4-5-6-7-8-9-10-11-12-13-14-15-16-17-18-19-24-21-20-23(2)22-24;1-3(2)4;2*3-1(4)2(5,6)10(7,8)9;;;;/h2*20-21H,3-19,22H2,1-2H3;1-2H3;2*1H,(H,7,8,9);2*1H;;/q;;;;;;;2*+1/p-3. The number of rotatable bonds is 38. The summed E-state index contributed by atoms with van der Waals surface area (Å²) in [5.74, 6) is 0.167. The first kappa shape index (κ1) is 91.2. The molecular formula is C51H97Cl2F8K2N4O7S2-. The van der Waals surface area contributed by atoms with Crippen molar-refractivity contribution < 1.29 is 181 Å². The summed E-state index contributed by atoms with van der Waals surface area (Å²) in [5, 5.41) is -11.0. The van der Waals surface area contributed by atoms with Gasteiger partial charge in [-0.1, -0.05) is 206 Å². The van der Waals surface area contributed by atoms with E-state index in [2.05, 4.69) is 72.3 Å². The fourth-order valence-corrected chi connectivity index (χ4v) is 7.85. The number of nitrogens with zero attached hydrogens (tertiary/aromatic N) is 4. The summed E-state index contributed by atoms with van der Waals surface area (Å²) in [7, 11) is -8.18. The Labute approximate surface area is 554 Å². The minimum Gasteiger partial charge on any atom is -1.00 e. The molecule has 0 unspecified atom stereocenters. The van der Waals surface area contributed by atoms with Crippen LogP contribution < -0.4 is 115 Å². The number of hydrogen-bond donors (Lipinski definition) is 0. The van der Waals surface area contributed by atoms with Gasteiger partial charge in [-0.25, -0.2) is 34.4 Å². The van der Waals surface area contributed by atoms with Gasteiger partial charge in [-0.2, -0.15) is 17.6 Å². The summed E-state index contributed by atoms with van der Waals surface area (Å²) in [6, 6.07) is 0. The molecule has 0 fully saturated rings. The van der Waals surface area contributed by atoms with E-state index >= 15 is 0 Å². The van der Waals surface area contributed by atoms with Gasteiger partial charge in [0.15, 0.2) is 20.2 Å². The first-order chi connectivity index (χ1) is 33.8. The van der Waals surface area contributed by atoms with Crippen LogP contribution in [0, 0.1) is 0 Å². The van der Waals surface area contributed by atoms with Crippen LogP contribution in [0.2, 0.25) is 0 Å². The van der Waals surface area contributed by atoms with Crippen LogP contribution in [-0.4, -0.2) is 115 Å². The quantitative estimate of drug-likeness (QED) is 0.0284. The molecule has 25 heteroatoms. The van der Waals surface area contributed by atoms with E-state index in [0.717, 1.165) is 13.3 Å². The van der Waals surface area contributed by atoms with Crippen molar-refractivity contribution in [2.75, 3.05) is 40.5 Å². The predicted octanol–water partition coefficient (Wildman–Crippen LogP) is 6.66. The Kier molecular flexibility index (Phi) is 69.9. The van der Waals surface area contributed by atoms with E-state index in [-0.39, 0.29) is 133 Å². The van der Waals surface area contributed by atoms with Crippen molar-refractivity contribution in [3.63, 3.8) is 0 Å². The molecule has 0 aliphatic carbocycles. The van der Waals surface area contributed by atoms with Gasteiger partial charge in [0, 0.05) is 52.0 Å². The molecule has 0 spiro atoms. The van der Waals surface area contributed by atoms with Gasteiger partial charge in [0.2, 0.25) is 0 Å². The minimum absolute atomic E-state index is 0. The van der Waals surface area contributed by atoms with Crippen LogP contribution in [0.5, 0.6) is 0 Å². The zero-order valence-corrected chi connectivity index (χ0v) is 57.1. The average molecular weight is 1240 g/mol. The topological polar surface area (TPSA) is 144 Å². The van der Waals surface area contributed by atoms with Gasteiger partial charge < -0.3 is 45.9 Å². The maximum Gasteiger partial charge on any atom is 1.00 e. The molecular weight excluding hydrogens is 1150 g/mol. The molecule has 0 bridgehead atoms. The molecule has 2 heterocycles. The monoisotopic (exact) mass is 1240 g/mol. The minimum atomic E-state index is -6.23. The number of ketones is 1. The number of carbonyl (C=O) groups excluding carboxylic acids is 1. The second kappa shape index (κ2) is 58.2. The Balaban J connectivity index is -0.000000171. The Hall–Kier alpha value is 1.46. The van der Waals surface area contributed by atoms with Crippen LogP contribution in [0.25, 0.3) is 0 Å². The third-order valence-electron chi connectivity index (χ3n) is 11.6. The molecule has 2 rings (SSSR count). The molecule has 11 nitrogen and oxygen atoms in total. The number of Topliss-reactive ketones (excluding diaryl/α,β-unsaturated/α-hetero) is 1. The van der Waals surface area contributed by atoms with Crippen molar-refractivity contribution in [1.82, 2.24) is 19.6 Å². The van der Waals surface area contributed by atoms with E-state index in [1.807, 2.05) is 0 Å². The molecule has 0 aromatic heterocycles. The number of halogens is 10. The van der Waals surface area contributed by atoms with Crippen LogP contribution in [0.3, 0.4) is 0 Å². The summed E-state index contributed by atoms with van der Waals surface area (Å²) < 4.78 is 145. The average Bonchev–Trinajstić information content (AvgIpc) is 3.92. The number of hydrogen-bond acceptors (Lipinski definition) is 11. The summed E-state index contributed by atoms with van der Waals surface area (Å²) in [4.78, 5) is 18.8. The van der Waals surface area contributed by atoms with Crippen molar-refractivity contribution >= 4 is 38.4 Å². The van der Waals surface area contributed by atoms with E-state index in [9.17, 15) is 65.9 Å². The molecule has 0 saturated carbocycles. The SMILES string of the molecule is CC(C)=O.CCCCCCCCCCCCCCCCCCN1C=CN(C)C1.CCCCCCCCCCCCCCCCCCN1C=CN(C)C1.Cl.O=S(=O)([O-])C(F)(F)C(F)F.O=S(=O)([O-])C(F)(F)C(F)F.[Cl-].[K+].[K+]. The van der Waals surface area contributed by atoms with Gasteiger partial charge in [-0.3, -0.25) is 0 Å². The summed E-state index contributed by atoms with van der Waals surface area (Å²) in [6.45, 7) is 12.3. The summed E-state index contributed by atoms with van der Waals surface area (Å²) in [6.07, 6.45) is 46.2. The molecule has 76 heavy (non-hydrogen) atoms. The maximum atomic E-state index is 11.4. The number of carbonyl (C=O) groups is 1. The largest absolute Gasteiger partial charge is 1.00 e. The second-order valence-electron chi connectivity index (χ2n) is 19.2. The van der Waals surface area contributed by atoms with Crippen molar-refractivity contribution in [2.24, 2.45) is 0 Å². The maximum absolute atomic E-state index is 11.4. The first-order valence-electron chi connectivity index (χ1n) is 26.7. The van der Waals surface area contributed by atoms with Gasteiger partial charge in [0.25, 0.3) is 0 Å². The van der Waals surface area contributed by atoms with Crippen LogP contribution in [-0.2, 0) is 25.0 Å². The van der Waals surface area contributed by atoms with Crippen molar-refractivity contribution in [3.8, 4) is 0 Å². The Morgan fingerprint density at radius 2 is 0.618 bits per heavy atom. The fraction of sp³-hybridized carbons (Fsp3) is 0.902. The summed E-state index contributed by atoms with van der Waals surface area (Å²) >= 11 is 0. The second-order valence-corrected chi connectivity index (χ2v) is 22.1. The van der Waals surface area contributed by atoms with Gasteiger partial charge in [-0.15, -0.1) is 12.4 Å². The van der Waals surface area contributed by atoms with E-state index in [0.29, 0.717) is 0 Å². The van der Waals surface area contributed by atoms with Crippen LogP contribution >= 0.6 is 12.4 Å². The van der Waals surface area contributed by atoms with Crippen molar-refractivity contribution in [3.05, 3.63) is 24.8 Å². The number of alkyl halides is 8. The molecule has 2 aliphatic rings. The van der Waals surface area contributed by atoms with Crippen LogP contribution in [0.4, 0.5) is 35.1 Å². The van der Waals surface area contributed by atoms with E-state index in [1.54, 1.807) is 0 Å². The smallest absolute Gasteiger partial charge is 1.00 e. The van der Waals surface area contributed by atoms with Crippen molar-refractivity contribution in [2.45, 2.75) is 257 Å². The first-order valence-corrected chi connectivity index (χ1v) is 29.5. The van der Waals surface area contributed by atoms with Gasteiger partial charge in [0.05, 0.1) is 13.3 Å². The molecule has 0 atom stereocenters. The Morgan fingerprint density at radius 3 is 0.737 bits per heavy atom. The van der Waals surface area contributed by atoms with E-state index in [1.165, 1.54) is 232 Å². The molecule has 2 aliphatic heterocycles. The zero-order chi connectivity index (χ0) is 55.3. The fourth-order valence-electron chi connectivity index (χ4n) is 7.41. The molecule has 0 aromatic rings. The molecule has 0 amide bonds. The molecule has 448 valence electrons. The zero-order valence-electron chi connectivity index (χ0n) is 47.7. The van der Waals surface area contributed by atoms with Gasteiger partial charge in [-0.05, 0) is 26.7 Å². The summed E-state index contributed by atoms with van der Waals surface area (Å²) in [5.41, 5.74) is 0. The normalized spacial score (nSPS) is 13.0. The third-order valence-corrected chi connectivity index (χ3v) is 13.3. The van der Waals surface area contributed by atoms with Crippen LogP contribution in [0.1, 0.15) is 233 Å². The van der Waals surface area contributed by atoms with E-state index in [4.69, 9.17) is 0 Å². The van der Waals surface area contributed by atoms with Crippen LogP contribution in [0.15, 0.2) is 24.8 Å². The molecule has 0 radical (unpaired) electrons. The van der Waals surface area contributed by atoms with Crippen molar-refractivity contribution in [1.29, 1.82) is 0 Å². The molecule has 0 saturated heterocycles. The van der Waals surface area contributed by atoms with Gasteiger partial charge >= 0.3 is 126 Å². The Morgan fingerprint density at radius 1 is 0.447 bits per heavy atom. The third kappa shape index (κ3) is 57.3. The molecule has 0 aromatic carbocycles. The predicted molar refractivity (Wildman–Crippen MR) is 281 cm³/mol.